The van der Waals surface area contributed by atoms with E-state index in [1.54, 1.807) is 13.3 Å². The zero-order valence-electron chi connectivity index (χ0n) is 25.2. The van der Waals surface area contributed by atoms with Crippen molar-refractivity contribution < 1.29 is 28.1 Å². The summed E-state index contributed by atoms with van der Waals surface area (Å²) in [5.41, 5.74) is 7.87. The van der Waals surface area contributed by atoms with E-state index in [9.17, 15) is 4.79 Å². The number of nitrogen functional groups attached to an aromatic ring is 1. The molecule has 3 unspecified atom stereocenters. The van der Waals surface area contributed by atoms with Crippen LogP contribution in [0, 0.1) is 5.92 Å². The molecule has 2 aromatic heterocycles. The minimum atomic E-state index is -1.78. The number of esters is 1. The molecule has 1 aliphatic rings. The topological polar surface area (TPSA) is 145 Å². The first-order valence-electron chi connectivity index (χ1n) is 14.6. The van der Waals surface area contributed by atoms with Crippen LogP contribution in [0.4, 0.5) is 5.95 Å². The molecule has 13 heteroatoms. The average molecular weight is 631 g/mol. The van der Waals surface area contributed by atoms with Crippen LogP contribution in [-0.4, -0.2) is 51.4 Å². The van der Waals surface area contributed by atoms with Crippen molar-refractivity contribution in [2.24, 2.45) is 5.92 Å². The van der Waals surface area contributed by atoms with E-state index >= 15 is 0 Å². The highest BCUT2D eigenvalue weighted by Gasteiger charge is 2.36. The predicted octanol–water partition coefficient (Wildman–Crippen LogP) is 5.54. The Morgan fingerprint density at radius 2 is 1.89 bits per heavy atom. The number of carbonyl (C=O) groups is 1. The van der Waals surface area contributed by atoms with Crippen molar-refractivity contribution in [1.29, 1.82) is 0 Å². The zero-order valence-corrected chi connectivity index (χ0v) is 26.1. The fourth-order valence-corrected chi connectivity index (χ4v) is 6.51. The lowest BCUT2D eigenvalue weighted by atomic mass is 10.1. The molecule has 1 saturated heterocycles. The lowest BCUT2D eigenvalue weighted by molar-refractivity contribution is -0.146. The second kappa shape index (κ2) is 13.7. The van der Waals surface area contributed by atoms with Crippen LogP contribution in [0.5, 0.6) is 11.6 Å². The largest absolute Gasteiger partial charge is 0.479 e. The van der Waals surface area contributed by atoms with E-state index in [-0.39, 0.29) is 37.4 Å². The number of fused-ring (bicyclic) bond motifs is 2. The number of nitrogens with two attached hydrogens (primary N) is 1. The minimum absolute atomic E-state index is 0.0883. The van der Waals surface area contributed by atoms with Crippen molar-refractivity contribution in [1.82, 2.24) is 24.6 Å². The van der Waals surface area contributed by atoms with Crippen LogP contribution in [0.15, 0.2) is 79.1 Å². The number of hydrogen-bond acceptors (Lipinski definition) is 11. The summed E-state index contributed by atoms with van der Waals surface area (Å²) in [6, 6.07) is 22.6. The van der Waals surface area contributed by atoms with E-state index in [4.69, 9.17) is 29.0 Å². The number of hydrogen-bond donors (Lipinski definition) is 2. The monoisotopic (exact) mass is 630 g/mol. The van der Waals surface area contributed by atoms with Gasteiger partial charge in [0.1, 0.15) is 24.6 Å². The molecule has 0 aliphatic carbocycles. The first-order chi connectivity index (χ1) is 21.9. The predicted molar refractivity (Wildman–Crippen MR) is 170 cm³/mol. The van der Waals surface area contributed by atoms with Gasteiger partial charge in [0.25, 0.3) is 0 Å². The molecule has 0 amide bonds. The van der Waals surface area contributed by atoms with Crippen LogP contribution in [0.1, 0.15) is 32.1 Å². The molecule has 0 spiro atoms. The number of aromatic nitrogens is 4. The standard InChI is InChI=1S/C32H35N6O6P/c1-20-16-24(43-30(20)38-19-34-27-28(38)35-32(33)36-29(27)40-3)18-42-45(44-26-15-9-13-23-12-7-8-14-25(23)26)37-21(2)31(39)41-17-22-10-5-4-6-11-22/h4-15,19-21,24,30,37H,16-18H2,1-3H3,(H2,33,35,36)/t20-,21?,24-,30?,45?/m0/s1. The molecular weight excluding hydrogens is 595 g/mol. The lowest BCUT2D eigenvalue weighted by Gasteiger charge is -2.24. The molecule has 0 saturated carbocycles. The van der Waals surface area contributed by atoms with E-state index in [1.165, 1.54) is 7.11 Å². The van der Waals surface area contributed by atoms with Crippen molar-refractivity contribution in [3.05, 3.63) is 84.7 Å². The maximum Gasteiger partial charge on any atom is 0.323 e. The Balaban J connectivity index is 1.15. The number of nitrogens with zero attached hydrogens (tertiary/aromatic N) is 4. The summed E-state index contributed by atoms with van der Waals surface area (Å²) in [5.74, 6) is 0.742. The fraction of sp³-hybridized carbons (Fsp3) is 0.312. The highest BCUT2D eigenvalue weighted by Crippen LogP contribution is 2.42. The Morgan fingerprint density at radius 3 is 2.71 bits per heavy atom. The first kappa shape index (κ1) is 30.7. The number of methoxy groups -OCH3 is 1. The van der Waals surface area contributed by atoms with Crippen molar-refractivity contribution >= 4 is 42.4 Å². The molecule has 3 N–H and O–H groups in total. The smallest absolute Gasteiger partial charge is 0.323 e. The summed E-state index contributed by atoms with van der Waals surface area (Å²) in [7, 11) is -0.267. The second-order valence-corrected chi connectivity index (χ2v) is 12.1. The molecule has 0 bridgehead atoms. The molecule has 3 heterocycles. The Labute approximate surface area is 261 Å². The molecule has 3 aromatic carbocycles. The van der Waals surface area contributed by atoms with Crippen LogP contribution >= 0.6 is 8.53 Å². The van der Waals surface area contributed by atoms with Gasteiger partial charge in [-0.15, -0.1) is 0 Å². The fourth-order valence-electron chi connectivity index (χ4n) is 5.27. The summed E-state index contributed by atoms with van der Waals surface area (Å²) in [5, 5.41) is 5.18. The number of nitrogens with one attached hydrogen (secondary N) is 1. The third kappa shape index (κ3) is 6.99. The van der Waals surface area contributed by atoms with Gasteiger partial charge in [-0.05, 0) is 30.4 Å². The van der Waals surface area contributed by atoms with Crippen molar-refractivity contribution in [3.63, 3.8) is 0 Å². The molecule has 12 nitrogen and oxygen atoms in total. The number of rotatable bonds is 12. The van der Waals surface area contributed by atoms with E-state index in [0.717, 1.165) is 16.3 Å². The summed E-state index contributed by atoms with van der Waals surface area (Å²) in [4.78, 5) is 25.9. The molecule has 5 aromatic rings. The molecule has 1 fully saturated rings. The summed E-state index contributed by atoms with van der Waals surface area (Å²) in [6.45, 7) is 4.23. The highest BCUT2D eigenvalue weighted by molar-refractivity contribution is 7.45. The van der Waals surface area contributed by atoms with Gasteiger partial charge in [-0.25, -0.2) is 10.1 Å². The maximum atomic E-state index is 12.9. The van der Waals surface area contributed by atoms with E-state index in [2.05, 4.69) is 27.0 Å². The van der Waals surface area contributed by atoms with Gasteiger partial charge in [0.2, 0.25) is 11.8 Å². The van der Waals surface area contributed by atoms with Crippen molar-refractivity contribution in [2.75, 3.05) is 19.5 Å². The normalized spacial score (nSPS) is 19.4. The minimum Gasteiger partial charge on any atom is -0.479 e. The molecule has 234 valence electrons. The molecule has 45 heavy (non-hydrogen) atoms. The van der Waals surface area contributed by atoms with Crippen LogP contribution in [0.2, 0.25) is 0 Å². The number of carbonyl (C=O) groups excluding carboxylic acids is 1. The van der Waals surface area contributed by atoms with E-state index in [1.807, 2.05) is 77.4 Å². The van der Waals surface area contributed by atoms with Gasteiger partial charge in [0.15, 0.2) is 11.2 Å². The summed E-state index contributed by atoms with van der Waals surface area (Å²) < 4.78 is 31.9. The Bertz CT molecular complexity index is 1770. The Kier molecular flexibility index (Phi) is 9.37. The van der Waals surface area contributed by atoms with Crippen LogP contribution < -0.4 is 20.1 Å². The quantitative estimate of drug-likeness (QED) is 0.132. The van der Waals surface area contributed by atoms with E-state index in [0.29, 0.717) is 29.2 Å². The van der Waals surface area contributed by atoms with Gasteiger partial charge in [-0.3, -0.25) is 9.36 Å². The molecule has 5 atom stereocenters. The van der Waals surface area contributed by atoms with Crippen molar-refractivity contribution in [2.45, 2.75) is 45.2 Å². The van der Waals surface area contributed by atoms with Gasteiger partial charge in [0, 0.05) is 11.3 Å². The van der Waals surface area contributed by atoms with Gasteiger partial charge >= 0.3 is 14.5 Å². The number of ether oxygens (including phenoxy) is 3. The average Bonchev–Trinajstić information content (AvgIpc) is 3.65. The third-order valence-corrected chi connectivity index (χ3v) is 8.86. The number of imidazole rings is 1. The first-order valence-corrected chi connectivity index (χ1v) is 15.8. The maximum absolute atomic E-state index is 12.9. The molecule has 1 aliphatic heterocycles. The highest BCUT2D eigenvalue weighted by atomic mass is 31.2. The number of benzene rings is 3. The third-order valence-electron chi connectivity index (χ3n) is 7.51. The zero-order chi connectivity index (χ0) is 31.3. The lowest BCUT2D eigenvalue weighted by Crippen LogP contribution is -2.34. The van der Waals surface area contributed by atoms with Crippen molar-refractivity contribution in [3.8, 4) is 11.6 Å². The summed E-state index contributed by atoms with van der Waals surface area (Å²) >= 11 is 0. The number of anilines is 1. The molecular formula is C32H35N6O6P. The van der Waals surface area contributed by atoms with Gasteiger partial charge in [-0.2, -0.15) is 9.97 Å². The van der Waals surface area contributed by atoms with Gasteiger partial charge < -0.3 is 29.0 Å². The SMILES string of the molecule is COc1nc(N)nc2c1ncn2C1O[C@H](COP(NC(C)C(=O)OCc2ccccc2)Oc2cccc3ccccc23)C[C@@H]1C. The Morgan fingerprint density at radius 1 is 1.11 bits per heavy atom. The Hall–Kier alpha value is -4.35. The molecule has 6 rings (SSSR count). The van der Waals surface area contributed by atoms with Gasteiger partial charge in [0.05, 0.1) is 26.1 Å². The molecule has 0 radical (unpaired) electrons. The van der Waals surface area contributed by atoms with Gasteiger partial charge in [-0.1, -0.05) is 73.7 Å². The second-order valence-electron chi connectivity index (χ2n) is 10.8. The van der Waals surface area contributed by atoms with Crippen LogP contribution in [0.3, 0.4) is 0 Å². The van der Waals surface area contributed by atoms with E-state index < -0.39 is 20.5 Å². The van der Waals surface area contributed by atoms with Crippen LogP contribution in [0.25, 0.3) is 21.9 Å². The van der Waals surface area contributed by atoms with Crippen LogP contribution in [-0.2, 0) is 25.4 Å². The summed E-state index contributed by atoms with van der Waals surface area (Å²) in [6.07, 6.45) is 1.76.